The minimum absolute atomic E-state index is 0.00311. The van der Waals surface area contributed by atoms with E-state index in [1.807, 2.05) is 18.2 Å². The zero-order valence-electron chi connectivity index (χ0n) is 11.4. The van der Waals surface area contributed by atoms with Gasteiger partial charge in [0.15, 0.2) is 9.84 Å². The number of rotatable bonds is 2. The first-order chi connectivity index (χ1) is 9.44. The van der Waals surface area contributed by atoms with Crippen molar-refractivity contribution < 1.29 is 13.2 Å². The molecule has 20 heavy (non-hydrogen) atoms. The Morgan fingerprint density at radius 3 is 2.85 bits per heavy atom. The average Bonchev–Trinajstić information content (AvgIpc) is 2.92. The Morgan fingerprint density at radius 2 is 2.20 bits per heavy atom. The monoisotopic (exact) mass is 294 g/mol. The van der Waals surface area contributed by atoms with Gasteiger partial charge in [0.05, 0.1) is 11.5 Å². The molecule has 2 aliphatic rings. The minimum Gasteiger partial charge on any atom is -0.381 e. The van der Waals surface area contributed by atoms with Crippen LogP contribution >= 0.6 is 0 Å². The van der Waals surface area contributed by atoms with Crippen LogP contribution in [0.15, 0.2) is 18.2 Å². The van der Waals surface area contributed by atoms with E-state index in [0.29, 0.717) is 6.42 Å². The van der Waals surface area contributed by atoms with Crippen molar-refractivity contribution >= 4 is 27.1 Å². The first-order valence-electron chi connectivity index (χ1n) is 6.83. The lowest BCUT2D eigenvalue weighted by Crippen LogP contribution is -2.25. The molecule has 3 rings (SSSR count). The van der Waals surface area contributed by atoms with Crippen molar-refractivity contribution in [3.8, 4) is 0 Å². The van der Waals surface area contributed by atoms with Gasteiger partial charge in [-0.1, -0.05) is 0 Å². The number of hydrogen-bond acceptors (Lipinski definition) is 4. The smallest absolute Gasteiger partial charge is 0.223 e. The first-order valence-corrected chi connectivity index (χ1v) is 8.65. The number of carbonyl (C=O) groups excluding carboxylic acids is 1. The van der Waals surface area contributed by atoms with Crippen LogP contribution in [0.5, 0.6) is 0 Å². The molecular formula is C14H18N2O3S. The Bertz CT molecular complexity index is 654. The number of nitrogens with one attached hydrogen (secondary N) is 1. The summed E-state index contributed by atoms with van der Waals surface area (Å²) in [6.45, 7) is 2.30. The molecule has 0 bridgehead atoms. The molecule has 6 heteroatoms. The maximum Gasteiger partial charge on any atom is 0.223 e. The predicted octanol–water partition coefficient (Wildman–Crippen LogP) is 1.19. The van der Waals surface area contributed by atoms with E-state index in [1.54, 1.807) is 11.8 Å². The fraction of sp³-hybridized carbons (Fsp3) is 0.500. The number of amides is 1. The van der Waals surface area contributed by atoms with Gasteiger partial charge in [0, 0.05) is 30.9 Å². The molecule has 0 saturated carbocycles. The number of nitrogens with zero attached hydrogens (tertiary/aromatic N) is 1. The number of benzene rings is 1. The van der Waals surface area contributed by atoms with E-state index >= 15 is 0 Å². The summed E-state index contributed by atoms with van der Waals surface area (Å²) >= 11 is 0. The summed E-state index contributed by atoms with van der Waals surface area (Å²) in [6, 6.07) is 5.90. The van der Waals surface area contributed by atoms with Crippen molar-refractivity contribution in [3.05, 3.63) is 23.8 Å². The summed E-state index contributed by atoms with van der Waals surface area (Å²) in [5.41, 5.74) is 3.06. The summed E-state index contributed by atoms with van der Waals surface area (Å²) in [6.07, 6.45) is 1.52. The SMILES string of the molecule is CC(=O)N1CCc2cc(NC3CCS(=O)(=O)C3)ccc21. The second-order valence-electron chi connectivity index (χ2n) is 5.51. The summed E-state index contributed by atoms with van der Waals surface area (Å²) in [5, 5.41) is 3.29. The van der Waals surface area contributed by atoms with Crippen molar-refractivity contribution in [1.82, 2.24) is 0 Å². The molecule has 2 aliphatic heterocycles. The third kappa shape index (κ3) is 2.52. The van der Waals surface area contributed by atoms with Crippen LogP contribution in [0.2, 0.25) is 0 Å². The Hall–Kier alpha value is -1.56. The Kier molecular flexibility index (Phi) is 3.20. The van der Waals surface area contributed by atoms with Crippen LogP contribution in [0.4, 0.5) is 11.4 Å². The molecule has 1 saturated heterocycles. The topological polar surface area (TPSA) is 66.5 Å². The summed E-state index contributed by atoms with van der Waals surface area (Å²) in [7, 11) is -2.86. The highest BCUT2D eigenvalue weighted by Crippen LogP contribution is 2.31. The van der Waals surface area contributed by atoms with E-state index in [4.69, 9.17) is 0 Å². The van der Waals surface area contributed by atoms with Crippen molar-refractivity contribution in [2.75, 3.05) is 28.3 Å². The lowest BCUT2D eigenvalue weighted by molar-refractivity contribution is -0.116. The Balaban J connectivity index is 1.76. The van der Waals surface area contributed by atoms with Crippen LogP contribution in [0.1, 0.15) is 18.9 Å². The largest absolute Gasteiger partial charge is 0.381 e. The third-order valence-corrected chi connectivity index (χ3v) is 5.73. The summed E-state index contributed by atoms with van der Waals surface area (Å²) in [4.78, 5) is 13.3. The second kappa shape index (κ2) is 4.77. The molecule has 0 aromatic heterocycles. The molecule has 0 spiro atoms. The highest BCUT2D eigenvalue weighted by Gasteiger charge is 2.28. The van der Waals surface area contributed by atoms with Crippen LogP contribution in [0.3, 0.4) is 0 Å². The number of sulfone groups is 1. The maximum absolute atomic E-state index is 11.5. The lowest BCUT2D eigenvalue weighted by Gasteiger charge is -2.16. The van der Waals surface area contributed by atoms with Crippen molar-refractivity contribution in [1.29, 1.82) is 0 Å². The van der Waals surface area contributed by atoms with Gasteiger partial charge in [0.1, 0.15) is 0 Å². The molecule has 0 radical (unpaired) electrons. The van der Waals surface area contributed by atoms with E-state index in [-0.39, 0.29) is 23.5 Å². The van der Waals surface area contributed by atoms with Crippen LogP contribution < -0.4 is 10.2 Å². The molecule has 1 amide bonds. The van der Waals surface area contributed by atoms with Gasteiger partial charge in [-0.05, 0) is 36.6 Å². The quantitative estimate of drug-likeness (QED) is 0.890. The van der Waals surface area contributed by atoms with E-state index < -0.39 is 9.84 Å². The standard InChI is InChI=1S/C14H18N2O3S/c1-10(17)16-6-4-11-8-12(2-3-14(11)16)15-13-5-7-20(18,19)9-13/h2-3,8,13,15H,4-7,9H2,1H3. The summed E-state index contributed by atoms with van der Waals surface area (Å²) in [5.74, 6) is 0.545. The van der Waals surface area contributed by atoms with Gasteiger partial charge in [0.25, 0.3) is 0 Å². The molecule has 1 fully saturated rings. The molecular weight excluding hydrogens is 276 g/mol. The zero-order valence-corrected chi connectivity index (χ0v) is 12.2. The highest BCUT2D eigenvalue weighted by molar-refractivity contribution is 7.91. The second-order valence-corrected chi connectivity index (χ2v) is 7.74. The number of fused-ring (bicyclic) bond motifs is 1. The van der Waals surface area contributed by atoms with E-state index in [0.717, 1.165) is 29.9 Å². The van der Waals surface area contributed by atoms with Crippen LogP contribution in [0, 0.1) is 0 Å². The van der Waals surface area contributed by atoms with Gasteiger partial charge in [-0.2, -0.15) is 0 Å². The molecule has 1 aromatic carbocycles. The number of anilines is 2. The molecule has 1 unspecified atom stereocenters. The molecule has 5 nitrogen and oxygen atoms in total. The van der Waals surface area contributed by atoms with Gasteiger partial charge in [-0.3, -0.25) is 4.79 Å². The maximum atomic E-state index is 11.5. The van der Waals surface area contributed by atoms with Crippen LogP contribution in [-0.4, -0.2) is 38.4 Å². The normalized spacial score (nSPS) is 23.6. The van der Waals surface area contributed by atoms with Gasteiger partial charge in [0.2, 0.25) is 5.91 Å². The van der Waals surface area contributed by atoms with Crippen molar-refractivity contribution in [2.45, 2.75) is 25.8 Å². The van der Waals surface area contributed by atoms with Crippen molar-refractivity contribution in [2.24, 2.45) is 0 Å². The first kappa shape index (κ1) is 13.4. The number of hydrogen-bond donors (Lipinski definition) is 1. The predicted molar refractivity (Wildman–Crippen MR) is 78.9 cm³/mol. The zero-order chi connectivity index (χ0) is 14.3. The fourth-order valence-electron chi connectivity index (χ4n) is 2.96. The Labute approximate surface area is 118 Å². The van der Waals surface area contributed by atoms with Gasteiger partial charge in [-0.25, -0.2) is 8.42 Å². The lowest BCUT2D eigenvalue weighted by atomic mass is 10.1. The molecule has 2 heterocycles. The van der Waals surface area contributed by atoms with E-state index in [9.17, 15) is 13.2 Å². The van der Waals surface area contributed by atoms with E-state index in [2.05, 4.69) is 5.32 Å². The van der Waals surface area contributed by atoms with Crippen LogP contribution in [-0.2, 0) is 21.1 Å². The van der Waals surface area contributed by atoms with Gasteiger partial charge < -0.3 is 10.2 Å². The van der Waals surface area contributed by atoms with E-state index in [1.165, 1.54) is 0 Å². The molecule has 1 N–H and O–H groups in total. The van der Waals surface area contributed by atoms with Gasteiger partial charge in [-0.15, -0.1) is 0 Å². The van der Waals surface area contributed by atoms with Crippen LogP contribution in [0.25, 0.3) is 0 Å². The summed E-state index contributed by atoms with van der Waals surface area (Å²) < 4.78 is 22.9. The molecule has 108 valence electrons. The number of carbonyl (C=O) groups is 1. The fourth-order valence-corrected chi connectivity index (χ4v) is 4.64. The Morgan fingerprint density at radius 1 is 1.40 bits per heavy atom. The molecule has 1 atom stereocenters. The highest BCUT2D eigenvalue weighted by atomic mass is 32.2. The molecule has 1 aromatic rings. The third-order valence-electron chi connectivity index (χ3n) is 3.96. The molecule has 0 aliphatic carbocycles. The van der Waals surface area contributed by atoms with Crippen molar-refractivity contribution in [3.63, 3.8) is 0 Å². The van der Waals surface area contributed by atoms with Gasteiger partial charge >= 0.3 is 0 Å². The minimum atomic E-state index is -2.86. The average molecular weight is 294 g/mol.